The quantitative estimate of drug-likeness (QED) is 0.827. The summed E-state index contributed by atoms with van der Waals surface area (Å²) in [6.07, 6.45) is 0.912. The van der Waals surface area contributed by atoms with E-state index in [1.54, 1.807) is 0 Å². The minimum atomic E-state index is -0.749. The van der Waals surface area contributed by atoms with Crippen molar-refractivity contribution >= 4 is 17.6 Å². The molecule has 0 bridgehead atoms. The van der Waals surface area contributed by atoms with Crippen LogP contribution in [0.1, 0.15) is 25.8 Å². The summed E-state index contributed by atoms with van der Waals surface area (Å²) in [6, 6.07) is 7.65. The van der Waals surface area contributed by atoms with Gasteiger partial charge in [-0.2, -0.15) is 0 Å². The number of hydrogen-bond donors (Lipinski definition) is 1. The van der Waals surface area contributed by atoms with E-state index in [1.165, 1.54) is 0 Å². The summed E-state index contributed by atoms with van der Waals surface area (Å²) in [5.74, 6) is -0.749. The first-order valence-electron chi connectivity index (χ1n) is 6.27. The van der Waals surface area contributed by atoms with E-state index in [4.69, 9.17) is 16.7 Å². The van der Waals surface area contributed by atoms with Crippen LogP contribution in [0.3, 0.4) is 0 Å². The van der Waals surface area contributed by atoms with Crippen molar-refractivity contribution < 1.29 is 9.90 Å². The summed E-state index contributed by atoms with van der Waals surface area (Å²) >= 11 is 5.85. The number of benzene rings is 1. The monoisotopic (exact) mass is 269 g/mol. The summed E-state index contributed by atoms with van der Waals surface area (Å²) in [5, 5.41) is 9.70. The highest BCUT2D eigenvalue weighted by molar-refractivity contribution is 6.30. The van der Waals surface area contributed by atoms with Gasteiger partial charge in [0, 0.05) is 11.1 Å². The Bertz CT molecular complexity index is 374. The molecule has 0 radical (unpaired) electrons. The van der Waals surface area contributed by atoms with Crippen LogP contribution in [0, 0.1) is 0 Å². The second kappa shape index (κ2) is 7.39. The van der Waals surface area contributed by atoms with Crippen molar-refractivity contribution in [3.63, 3.8) is 0 Å². The molecular weight excluding hydrogens is 250 g/mol. The van der Waals surface area contributed by atoms with Gasteiger partial charge >= 0.3 is 5.97 Å². The zero-order valence-electron chi connectivity index (χ0n) is 10.9. The first kappa shape index (κ1) is 15.0. The number of carbonyl (C=O) groups is 1. The van der Waals surface area contributed by atoms with Crippen LogP contribution in [0.4, 0.5) is 0 Å². The smallest absolute Gasteiger partial charge is 0.304 e. The van der Waals surface area contributed by atoms with Crippen LogP contribution in [0.15, 0.2) is 24.3 Å². The Kier molecular flexibility index (Phi) is 6.16. The number of likely N-dealkylation sites (N-methyl/N-ethyl adjacent to an activating group) is 1. The summed E-state index contributed by atoms with van der Waals surface area (Å²) < 4.78 is 0. The zero-order valence-corrected chi connectivity index (χ0v) is 11.7. The molecule has 3 nitrogen and oxygen atoms in total. The molecule has 0 aliphatic rings. The number of rotatable bonds is 7. The molecule has 1 unspecified atom stereocenters. The number of carboxylic acids is 1. The van der Waals surface area contributed by atoms with E-state index in [0.29, 0.717) is 5.02 Å². The lowest BCUT2D eigenvalue weighted by Crippen LogP contribution is -2.38. The van der Waals surface area contributed by atoms with E-state index in [-0.39, 0.29) is 12.5 Å². The molecule has 0 spiro atoms. The van der Waals surface area contributed by atoms with E-state index < -0.39 is 5.97 Å². The highest BCUT2D eigenvalue weighted by Crippen LogP contribution is 2.15. The fraction of sp³-hybridized carbons (Fsp3) is 0.500. The fourth-order valence-corrected chi connectivity index (χ4v) is 2.29. The minimum Gasteiger partial charge on any atom is -0.481 e. The Hall–Kier alpha value is -1.06. The SMILES string of the molecule is CCN(CC)C(CC(=O)O)Cc1ccc(Cl)cc1. The van der Waals surface area contributed by atoms with Crippen LogP contribution in [-0.4, -0.2) is 35.1 Å². The van der Waals surface area contributed by atoms with Gasteiger partial charge in [0.15, 0.2) is 0 Å². The summed E-state index contributed by atoms with van der Waals surface area (Å²) in [4.78, 5) is 13.1. The molecule has 18 heavy (non-hydrogen) atoms. The Morgan fingerprint density at radius 2 is 1.83 bits per heavy atom. The maximum atomic E-state index is 10.9. The predicted octanol–water partition coefficient (Wildman–Crippen LogP) is 3.07. The van der Waals surface area contributed by atoms with Crippen LogP contribution < -0.4 is 0 Å². The minimum absolute atomic E-state index is 0.0404. The van der Waals surface area contributed by atoms with Crippen molar-refractivity contribution in [2.45, 2.75) is 32.7 Å². The lowest BCUT2D eigenvalue weighted by Gasteiger charge is -2.28. The average Bonchev–Trinajstić information content (AvgIpc) is 2.33. The maximum Gasteiger partial charge on any atom is 0.304 e. The third-order valence-electron chi connectivity index (χ3n) is 3.12. The zero-order chi connectivity index (χ0) is 13.5. The van der Waals surface area contributed by atoms with Crippen LogP contribution in [0.2, 0.25) is 5.02 Å². The molecule has 0 saturated carbocycles. The molecule has 0 amide bonds. The first-order valence-corrected chi connectivity index (χ1v) is 6.64. The van der Waals surface area contributed by atoms with Crippen molar-refractivity contribution in [1.29, 1.82) is 0 Å². The van der Waals surface area contributed by atoms with Crippen molar-refractivity contribution in [2.75, 3.05) is 13.1 Å². The number of aliphatic carboxylic acids is 1. The third-order valence-corrected chi connectivity index (χ3v) is 3.38. The predicted molar refractivity (Wildman–Crippen MR) is 74.1 cm³/mol. The number of halogens is 1. The van der Waals surface area contributed by atoms with Crippen molar-refractivity contribution in [2.24, 2.45) is 0 Å². The number of hydrogen-bond acceptors (Lipinski definition) is 2. The molecule has 1 atom stereocenters. The van der Waals surface area contributed by atoms with Gasteiger partial charge in [0.05, 0.1) is 6.42 Å². The van der Waals surface area contributed by atoms with Gasteiger partial charge in [-0.3, -0.25) is 4.79 Å². The average molecular weight is 270 g/mol. The van der Waals surface area contributed by atoms with Gasteiger partial charge in [-0.05, 0) is 37.2 Å². The Labute approximate surface area is 113 Å². The molecule has 0 aliphatic carbocycles. The number of nitrogens with zero attached hydrogens (tertiary/aromatic N) is 1. The second-order valence-corrected chi connectivity index (χ2v) is 4.74. The van der Waals surface area contributed by atoms with Gasteiger partial charge in [0.25, 0.3) is 0 Å². The standard InChI is InChI=1S/C14H20ClNO2/c1-3-16(4-2)13(10-14(17)18)9-11-5-7-12(15)8-6-11/h5-8,13H,3-4,9-10H2,1-2H3,(H,17,18). The van der Waals surface area contributed by atoms with Gasteiger partial charge in [-0.25, -0.2) is 0 Å². The highest BCUT2D eigenvalue weighted by atomic mass is 35.5. The lowest BCUT2D eigenvalue weighted by molar-refractivity contribution is -0.138. The van der Waals surface area contributed by atoms with Gasteiger partial charge in [-0.15, -0.1) is 0 Å². The normalized spacial score (nSPS) is 12.7. The largest absolute Gasteiger partial charge is 0.481 e. The molecule has 1 N–H and O–H groups in total. The Morgan fingerprint density at radius 1 is 1.28 bits per heavy atom. The van der Waals surface area contributed by atoms with Crippen LogP contribution in [0.25, 0.3) is 0 Å². The summed E-state index contributed by atoms with van der Waals surface area (Å²) in [7, 11) is 0. The van der Waals surface area contributed by atoms with Crippen LogP contribution >= 0.6 is 11.6 Å². The number of carboxylic acid groups (broad SMARTS) is 1. The van der Waals surface area contributed by atoms with Crippen LogP contribution in [-0.2, 0) is 11.2 Å². The third kappa shape index (κ3) is 4.67. The fourth-order valence-electron chi connectivity index (χ4n) is 2.16. The van der Waals surface area contributed by atoms with Crippen molar-refractivity contribution in [3.8, 4) is 0 Å². The molecule has 100 valence electrons. The topological polar surface area (TPSA) is 40.5 Å². The van der Waals surface area contributed by atoms with E-state index in [9.17, 15) is 4.79 Å². The molecule has 0 saturated heterocycles. The molecule has 4 heteroatoms. The summed E-state index contributed by atoms with van der Waals surface area (Å²) in [6.45, 7) is 5.84. The summed E-state index contributed by atoms with van der Waals surface area (Å²) in [5.41, 5.74) is 1.12. The molecule has 1 aromatic carbocycles. The molecule has 0 aromatic heterocycles. The molecule has 0 heterocycles. The molecular formula is C14H20ClNO2. The van der Waals surface area contributed by atoms with Gasteiger partial charge in [0.2, 0.25) is 0 Å². The van der Waals surface area contributed by atoms with Crippen molar-refractivity contribution in [1.82, 2.24) is 4.90 Å². The van der Waals surface area contributed by atoms with Crippen LogP contribution in [0.5, 0.6) is 0 Å². The lowest BCUT2D eigenvalue weighted by atomic mass is 10.0. The second-order valence-electron chi connectivity index (χ2n) is 4.30. The molecule has 1 rings (SSSR count). The maximum absolute atomic E-state index is 10.9. The van der Waals surface area contributed by atoms with Gasteiger partial charge < -0.3 is 10.0 Å². The Balaban J connectivity index is 2.76. The van der Waals surface area contributed by atoms with E-state index in [1.807, 2.05) is 24.3 Å². The van der Waals surface area contributed by atoms with E-state index in [2.05, 4.69) is 18.7 Å². The van der Waals surface area contributed by atoms with Crippen molar-refractivity contribution in [3.05, 3.63) is 34.9 Å². The van der Waals surface area contributed by atoms with E-state index >= 15 is 0 Å². The van der Waals surface area contributed by atoms with Gasteiger partial charge in [0.1, 0.15) is 0 Å². The molecule has 0 aliphatic heterocycles. The Morgan fingerprint density at radius 3 is 2.28 bits per heavy atom. The van der Waals surface area contributed by atoms with Gasteiger partial charge in [-0.1, -0.05) is 37.6 Å². The molecule has 1 aromatic rings. The highest BCUT2D eigenvalue weighted by Gasteiger charge is 2.19. The first-order chi connectivity index (χ1) is 8.56. The molecule has 0 fully saturated rings. The van der Waals surface area contributed by atoms with E-state index in [0.717, 1.165) is 25.1 Å².